The summed E-state index contributed by atoms with van der Waals surface area (Å²) in [4.78, 5) is 14.2. The van der Waals surface area contributed by atoms with E-state index in [0.29, 0.717) is 0 Å². The van der Waals surface area contributed by atoms with E-state index in [0.717, 1.165) is 12.3 Å². The number of alkyl halides is 3. The van der Waals surface area contributed by atoms with Gasteiger partial charge in [0.05, 0.1) is 10.9 Å². The zero-order valence-corrected chi connectivity index (χ0v) is 8.71. The van der Waals surface area contributed by atoms with E-state index in [-0.39, 0.29) is 16.5 Å². The van der Waals surface area contributed by atoms with Crippen LogP contribution in [0.4, 0.5) is 13.2 Å². The number of aromatic amines is 1. The molecule has 0 bridgehead atoms. The second-order valence-corrected chi connectivity index (χ2v) is 3.37. The maximum atomic E-state index is 12.1. The summed E-state index contributed by atoms with van der Waals surface area (Å²) >= 11 is 0. The van der Waals surface area contributed by atoms with Gasteiger partial charge in [0.2, 0.25) is 5.43 Å². The Morgan fingerprint density at radius 3 is 2.67 bits per heavy atom. The van der Waals surface area contributed by atoms with Crippen LogP contribution in [0.2, 0.25) is 0 Å². The number of nitrogens with zero attached hydrogens (tertiary/aromatic N) is 1. The second kappa shape index (κ2) is 4.07. The molecule has 92 valence electrons. The molecule has 18 heavy (non-hydrogen) atoms. The van der Waals surface area contributed by atoms with Crippen LogP contribution < -0.4 is 10.2 Å². The molecule has 0 saturated carbocycles. The van der Waals surface area contributed by atoms with Crippen molar-refractivity contribution in [2.75, 3.05) is 0 Å². The molecule has 0 aliphatic heterocycles. The van der Waals surface area contributed by atoms with Gasteiger partial charge < -0.3 is 9.72 Å². The van der Waals surface area contributed by atoms with Gasteiger partial charge in [-0.2, -0.15) is 5.26 Å². The first-order chi connectivity index (χ1) is 8.42. The van der Waals surface area contributed by atoms with Gasteiger partial charge in [-0.15, -0.1) is 13.2 Å². The largest absolute Gasteiger partial charge is 0.573 e. The van der Waals surface area contributed by atoms with Crippen LogP contribution in [0.3, 0.4) is 0 Å². The van der Waals surface area contributed by atoms with Gasteiger partial charge in [-0.25, -0.2) is 0 Å². The first-order valence-corrected chi connectivity index (χ1v) is 4.72. The quantitative estimate of drug-likeness (QED) is 0.849. The van der Waals surface area contributed by atoms with E-state index < -0.39 is 17.5 Å². The van der Waals surface area contributed by atoms with Gasteiger partial charge in [0.1, 0.15) is 11.6 Å². The van der Waals surface area contributed by atoms with E-state index >= 15 is 0 Å². The van der Waals surface area contributed by atoms with E-state index in [1.54, 1.807) is 6.07 Å². The minimum atomic E-state index is -4.85. The summed E-state index contributed by atoms with van der Waals surface area (Å²) in [5, 5.41) is 8.62. The molecule has 0 aliphatic rings. The van der Waals surface area contributed by atoms with E-state index in [2.05, 4.69) is 9.72 Å². The third-order valence-electron chi connectivity index (χ3n) is 2.22. The lowest BCUT2D eigenvalue weighted by atomic mass is 10.1. The van der Waals surface area contributed by atoms with Crippen LogP contribution in [0.25, 0.3) is 10.9 Å². The van der Waals surface area contributed by atoms with Crippen molar-refractivity contribution in [1.29, 1.82) is 5.26 Å². The summed E-state index contributed by atoms with van der Waals surface area (Å²) in [7, 11) is 0. The molecule has 0 amide bonds. The van der Waals surface area contributed by atoms with E-state index in [9.17, 15) is 18.0 Å². The third-order valence-corrected chi connectivity index (χ3v) is 2.22. The number of aromatic nitrogens is 1. The predicted molar refractivity (Wildman–Crippen MR) is 56.0 cm³/mol. The number of para-hydroxylation sites is 1. The molecule has 7 heteroatoms. The molecule has 2 aromatic rings. The zero-order valence-electron chi connectivity index (χ0n) is 8.71. The number of rotatable bonds is 1. The van der Waals surface area contributed by atoms with Gasteiger partial charge in [-0.1, -0.05) is 6.07 Å². The average molecular weight is 254 g/mol. The van der Waals surface area contributed by atoms with Crippen molar-refractivity contribution in [2.45, 2.75) is 6.36 Å². The SMILES string of the molecule is N#Cc1c[nH]c2c(OC(F)(F)F)cccc2c1=O. The molecule has 0 unspecified atom stereocenters. The number of pyridine rings is 1. The summed E-state index contributed by atoms with van der Waals surface area (Å²) in [6, 6.07) is 5.30. The molecule has 0 aliphatic carbocycles. The van der Waals surface area contributed by atoms with E-state index in [1.165, 1.54) is 12.1 Å². The van der Waals surface area contributed by atoms with E-state index in [1.807, 2.05) is 0 Å². The molecule has 0 atom stereocenters. The average Bonchev–Trinajstić information content (AvgIpc) is 2.28. The first-order valence-electron chi connectivity index (χ1n) is 4.72. The molecule has 0 saturated heterocycles. The fourth-order valence-electron chi connectivity index (χ4n) is 1.52. The molecule has 1 N–H and O–H groups in total. The van der Waals surface area contributed by atoms with Crippen molar-refractivity contribution >= 4 is 10.9 Å². The number of hydrogen-bond acceptors (Lipinski definition) is 3. The lowest BCUT2D eigenvalue weighted by molar-refractivity contribution is -0.274. The van der Waals surface area contributed by atoms with Crippen molar-refractivity contribution < 1.29 is 17.9 Å². The highest BCUT2D eigenvalue weighted by atomic mass is 19.4. The van der Waals surface area contributed by atoms with Gasteiger partial charge in [-0.3, -0.25) is 4.79 Å². The second-order valence-electron chi connectivity index (χ2n) is 3.37. The van der Waals surface area contributed by atoms with Crippen LogP contribution in [-0.2, 0) is 0 Å². The number of nitriles is 1. The Hall–Kier alpha value is -2.49. The Bertz CT molecular complexity index is 698. The van der Waals surface area contributed by atoms with Crippen molar-refractivity contribution in [1.82, 2.24) is 4.98 Å². The summed E-state index contributed by atoms with van der Waals surface area (Å²) in [5.41, 5.74) is -0.913. The van der Waals surface area contributed by atoms with Gasteiger partial charge in [0.25, 0.3) is 0 Å². The lowest BCUT2D eigenvalue weighted by Crippen LogP contribution is -2.18. The maximum Gasteiger partial charge on any atom is 0.573 e. The standard InChI is InChI=1S/C11H5F3N2O2/c12-11(13,14)18-8-3-1-2-7-9(8)16-5-6(4-15)10(7)17/h1-3,5H,(H,16,17). The molecule has 2 rings (SSSR count). The monoisotopic (exact) mass is 254 g/mol. The van der Waals surface area contributed by atoms with Gasteiger partial charge in [0, 0.05) is 6.20 Å². The lowest BCUT2D eigenvalue weighted by Gasteiger charge is -2.10. The Labute approximate surface area is 98.2 Å². The van der Waals surface area contributed by atoms with Crippen LogP contribution in [0, 0.1) is 11.3 Å². The fraction of sp³-hybridized carbons (Fsp3) is 0.0909. The highest BCUT2D eigenvalue weighted by molar-refractivity contribution is 5.85. The smallest absolute Gasteiger partial charge is 0.404 e. The molecule has 1 aromatic carbocycles. The third kappa shape index (κ3) is 2.13. The number of fused-ring (bicyclic) bond motifs is 1. The van der Waals surface area contributed by atoms with Crippen LogP contribution in [0.5, 0.6) is 5.75 Å². The Balaban J connectivity index is 2.70. The molecule has 4 nitrogen and oxygen atoms in total. The highest BCUT2D eigenvalue weighted by Crippen LogP contribution is 2.27. The number of nitrogens with one attached hydrogen (secondary N) is 1. The van der Waals surface area contributed by atoms with Crippen LogP contribution in [0.1, 0.15) is 5.56 Å². The van der Waals surface area contributed by atoms with Gasteiger partial charge in [0.15, 0.2) is 5.75 Å². The normalized spacial score (nSPS) is 11.2. The number of halogens is 3. The Morgan fingerprint density at radius 1 is 1.33 bits per heavy atom. The van der Waals surface area contributed by atoms with Gasteiger partial charge >= 0.3 is 6.36 Å². The molecule has 0 radical (unpaired) electrons. The number of hydrogen-bond donors (Lipinski definition) is 1. The molecule has 0 fully saturated rings. The highest BCUT2D eigenvalue weighted by Gasteiger charge is 2.32. The van der Waals surface area contributed by atoms with E-state index in [4.69, 9.17) is 5.26 Å². The van der Waals surface area contributed by atoms with Crippen LogP contribution in [0.15, 0.2) is 29.2 Å². The van der Waals surface area contributed by atoms with Crippen molar-refractivity contribution in [3.8, 4) is 11.8 Å². The zero-order chi connectivity index (χ0) is 13.3. The minimum Gasteiger partial charge on any atom is -0.404 e. The van der Waals surface area contributed by atoms with Crippen molar-refractivity contribution in [3.05, 3.63) is 40.2 Å². The number of ether oxygens (including phenoxy) is 1. The molecule has 1 heterocycles. The topological polar surface area (TPSA) is 65.9 Å². The Morgan fingerprint density at radius 2 is 2.06 bits per heavy atom. The van der Waals surface area contributed by atoms with Crippen molar-refractivity contribution in [2.24, 2.45) is 0 Å². The fourth-order valence-corrected chi connectivity index (χ4v) is 1.52. The maximum absolute atomic E-state index is 12.1. The molecular weight excluding hydrogens is 249 g/mol. The summed E-state index contributed by atoms with van der Waals surface area (Å²) < 4.78 is 40.2. The number of H-pyrrole nitrogens is 1. The van der Waals surface area contributed by atoms with Gasteiger partial charge in [-0.05, 0) is 12.1 Å². The summed E-state index contributed by atoms with van der Waals surface area (Å²) in [6.45, 7) is 0. The molecular formula is C11H5F3N2O2. The van der Waals surface area contributed by atoms with Crippen molar-refractivity contribution in [3.63, 3.8) is 0 Å². The van der Waals surface area contributed by atoms with Crippen LogP contribution in [-0.4, -0.2) is 11.3 Å². The minimum absolute atomic E-state index is 0.0317. The first kappa shape index (κ1) is 12.0. The summed E-state index contributed by atoms with van der Waals surface area (Å²) in [5.74, 6) is -0.512. The predicted octanol–water partition coefficient (Wildman–Crippen LogP) is 2.30. The van der Waals surface area contributed by atoms with Crippen LogP contribution >= 0.6 is 0 Å². The number of benzene rings is 1. The Kier molecular flexibility index (Phi) is 2.71. The molecule has 0 spiro atoms. The summed E-state index contributed by atoms with van der Waals surface area (Å²) in [6.07, 6.45) is -3.80. The molecule has 1 aromatic heterocycles.